The van der Waals surface area contributed by atoms with Crippen LogP contribution in [0.4, 0.5) is 28.4 Å². The summed E-state index contributed by atoms with van der Waals surface area (Å²) < 4.78 is 0. The van der Waals surface area contributed by atoms with Crippen LogP contribution in [0.25, 0.3) is 55.3 Å². The van der Waals surface area contributed by atoms with Crippen LogP contribution >= 0.6 is 0 Å². The largest absolute Gasteiger partial charge is 0.376 e. The van der Waals surface area contributed by atoms with E-state index in [4.69, 9.17) is 0 Å². The molecule has 0 bridgehead atoms. The Morgan fingerprint density at radius 2 is 1.05 bits per heavy atom. The molecule has 61 heavy (non-hydrogen) atoms. The van der Waals surface area contributed by atoms with Crippen molar-refractivity contribution >= 4 is 57.0 Å². The number of fused-ring (bicyclic) bond motifs is 11. The van der Waals surface area contributed by atoms with E-state index in [0.717, 1.165) is 0 Å². The molecule has 3 heterocycles. The summed E-state index contributed by atoms with van der Waals surface area (Å²) in [6.45, 7) is 9.64. The minimum absolute atomic E-state index is 0.0941. The van der Waals surface area contributed by atoms with Gasteiger partial charge in [0.15, 0.2) is 0 Å². The molecular formula is C58H43BN2. The van der Waals surface area contributed by atoms with Gasteiger partial charge < -0.3 is 9.71 Å². The maximum absolute atomic E-state index is 2.75. The van der Waals surface area contributed by atoms with Crippen LogP contribution < -0.4 is 20.6 Å². The van der Waals surface area contributed by atoms with Crippen LogP contribution in [0.3, 0.4) is 0 Å². The minimum Gasteiger partial charge on any atom is -0.376 e. The van der Waals surface area contributed by atoms with E-state index in [1.807, 2.05) is 0 Å². The van der Waals surface area contributed by atoms with Gasteiger partial charge in [-0.15, -0.1) is 0 Å². The van der Waals surface area contributed by atoms with Crippen LogP contribution in [-0.4, -0.2) is 6.85 Å². The van der Waals surface area contributed by atoms with Gasteiger partial charge in [0.1, 0.15) is 0 Å². The van der Waals surface area contributed by atoms with Crippen LogP contribution in [0.15, 0.2) is 188 Å². The van der Waals surface area contributed by atoms with E-state index in [1.54, 1.807) is 0 Å². The van der Waals surface area contributed by atoms with Crippen molar-refractivity contribution in [2.24, 2.45) is 0 Å². The number of hydrogen-bond acceptors (Lipinski definition) is 2. The molecule has 3 heteroatoms. The molecule has 2 nitrogen and oxygen atoms in total. The highest BCUT2D eigenvalue weighted by Gasteiger charge is 2.51. The van der Waals surface area contributed by atoms with E-state index in [1.165, 1.54) is 117 Å². The van der Waals surface area contributed by atoms with Crippen molar-refractivity contribution in [3.63, 3.8) is 0 Å². The lowest BCUT2D eigenvalue weighted by molar-refractivity contribution is 0.638. The number of hydrogen-bond donors (Lipinski definition) is 0. The van der Waals surface area contributed by atoms with Crippen molar-refractivity contribution in [1.82, 2.24) is 0 Å². The molecule has 0 unspecified atom stereocenters. The van der Waals surface area contributed by atoms with Gasteiger partial charge in [0.2, 0.25) is 0 Å². The molecule has 0 aromatic heterocycles. The molecule has 0 fully saturated rings. The van der Waals surface area contributed by atoms with Gasteiger partial charge in [0.05, 0.1) is 5.69 Å². The smallest absolute Gasteiger partial charge is 0.333 e. The second-order valence-electron chi connectivity index (χ2n) is 18.4. The third kappa shape index (κ3) is 4.59. The summed E-state index contributed by atoms with van der Waals surface area (Å²) >= 11 is 0. The van der Waals surface area contributed by atoms with Gasteiger partial charge in [-0.3, -0.25) is 0 Å². The van der Waals surface area contributed by atoms with Crippen LogP contribution in [-0.2, 0) is 10.8 Å². The molecule has 9 aromatic carbocycles. The van der Waals surface area contributed by atoms with Crippen LogP contribution in [0.5, 0.6) is 0 Å². The minimum atomic E-state index is -0.259. The van der Waals surface area contributed by atoms with E-state index in [0.29, 0.717) is 0 Å². The number of para-hydroxylation sites is 1. The van der Waals surface area contributed by atoms with Gasteiger partial charge in [0.25, 0.3) is 0 Å². The third-order valence-electron chi connectivity index (χ3n) is 14.5. The maximum Gasteiger partial charge on any atom is 0.333 e. The normalized spacial score (nSPS) is 15.4. The second-order valence-corrected chi connectivity index (χ2v) is 18.4. The molecule has 9 aromatic rings. The van der Waals surface area contributed by atoms with Gasteiger partial charge in [-0.2, -0.15) is 0 Å². The summed E-state index contributed by atoms with van der Waals surface area (Å²) in [5.74, 6) is 0. The zero-order valence-corrected chi connectivity index (χ0v) is 34.9. The topological polar surface area (TPSA) is 6.48 Å². The van der Waals surface area contributed by atoms with Gasteiger partial charge in [-0.25, -0.2) is 0 Å². The zero-order chi connectivity index (χ0) is 40.8. The highest BCUT2D eigenvalue weighted by molar-refractivity contribution is 6.93. The average molecular weight is 779 g/mol. The van der Waals surface area contributed by atoms with E-state index >= 15 is 0 Å². The summed E-state index contributed by atoms with van der Waals surface area (Å²) in [5.41, 5.74) is 24.2. The van der Waals surface area contributed by atoms with Crippen molar-refractivity contribution in [3.8, 4) is 44.5 Å². The predicted molar refractivity (Wildman–Crippen MR) is 258 cm³/mol. The Balaban J connectivity index is 1.18. The van der Waals surface area contributed by atoms with Gasteiger partial charge >= 0.3 is 6.85 Å². The number of anilines is 5. The van der Waals surface area contributed by atoms with E-state index in [-0.39, 0.29) is 17.7 Å². The molecular weight excluding hydrogens is 735 g/mol. The fourth-order valence-electron chi connectivity index (χ4n) is 11.9. The van der Waals surface area contributed by atoms with E-state index in [2.05, 4.69) is 225 Å². The quantitative estimate of drug-likeness (QED) is 0.165. The summed E-state index contributed by atoms with van der Waals surface area (Å²) in [4.78, 5) is 5.40. The highest BCUT2D eigenvalue weighted by Crippen LogP contribution is 2.59. The zero-order valence-electron chi connectivity index (χ0n) is 34.9. The molecule has 0 saturated heterocycles. The van der Waals surface area contributed by atoms with Crippen molar-refractivity contribution in [1.29, 1.82) is 0 Å². The van der Waals surface area contributed by atoms with Crippen molar-refractivity contribution < 1.29 is 0 Å². The first-order valence-electron chi connectivity index (χ1n) is 21.7. The van der Waals surface area contributed by atoms with Crippen molar-refractivity contribution in [2.45, 2.75) is 38.5 Å². The molecule has 0 amide bonds. The molecule has 3 aliphatic heterocycles. The molecule has 0 radical (unpaired) electrons. The Morgan fingerprint density at radius 1 is 0.393 bits per heavy atom. The Morgan fingerprint density at radius 3 is 1.87 bits per heavy atom. The molecule has 0 atom stereocenters. The second kappa shape index (κ2) is 12.2. The van der Waals surface area contributed by atoms with Gasteiger partial charge in [0, 0.05) is 39.1 Å². The van der Waals surface area contributed by atoms with Crippen molar-refractivity contribution in [2.75, 3.05) is 9.71 Å². The predicted octanol–water partition coefficient (Wildman–Crippen LogP) is 13.8. The first-order valence-corrected chi connectivity index (χ1v) is 21.7. The Bertz CT molecular complexity index is 3330. The molecule has 0 spiro atoms. The van der Waals surface area contributed by atoms with Gasteiger partial charge in [-0.1, -0.05) is 185 Å². The first kappa shape index (κ1) is 34.7. The molecule has 4 aliphatic rings. The fraction of sp³-hybridized carbons (Fsp3) is 0.103. The monoisotopic (exact) mass is 778 g/mol. The number of rotatable bonds is 3. The standard InChI is InChI=1S/C58H43BN2/c1-57(2)46-25-14-13-23-42(46)44-24-15-28-50(54(44)57)61-51-34-39(36-17-7-5-8-18-36)29-31-43(51)45-33-40(37-19-9-6-10-20-37)35-52-55(45)59(61)48-27-16-26-47-56(48)60(52)49-32-30-38-21-11-12-22-41(38)53(49)58(47,3)4/h5-35H,1-4H3. The molecule has 0 saturated carbocycles. The van der Waals surface area contributed by atoms with Gasteiger partial charge in [-0.05, 0) is 113 Å². The summed E-state index contributed by atoms with van der Waals surface area (Å²) in [6, 6.07) is 71.0. The number of nitrogens with zero attached hydrogens (tertiary/aromatic N) is 2. The summed E-state index contributed by atoms with van der Waals surface area (Å²) in [7, 11) is 0. The highest BCUT2D eigenvalue weighted by atomic mass is 15.2. The summed E-state index contributed by atoms with van der Waals surface area (Å²) in [6.07, 6.45) is 0. The molecule has 13 rings (SSSR count). The fourth-order valence-corrected chi connectivity index (χ4v) is 11.9. The van der Waals surface area contributed by atoms with Crippen LogP contribution in [0, 0.1) is 0 Å². The Kier molecular flexibility index (Phi) is 6.97. The lowest BCUT2D eigenvalue weighted by atomic mass is 9.42. The third-order valence-corrected chi connectivity index (χ3v) is 14.5. The Hall–Kier alpha value is -7.10. The SMILES string of the molecule is CC1(C)c2ccccc2-c2cccc(N3B4c5cccc6c5N(c5cc(-c7ccccc7)cc(c54)-c4ccc(-c5ccccc5)cc43)c3ccc4ccccc4c3C6(C)C)c21. The lowest BCUT2D eigenvalue weighted by Gasteiger charge is -2.51. The molecule has 288 valence electrons. The van der Waals surface area contributed by atoms with Crippen LogP contribution in [0.1, 0.15) is 49.9 Å². The van der Waals surface area contributed by atoms with Crippen molar-refractivity contribution in [3.05, 3.63) is 210 Å². The first-order chi connectivity index (χ1) is 29.8. The maximum atomic E-state index is 2.75. The Labute approximate surface area is 358 Å². The lowest BCUT2D eigenvalue weighted by Crippen LogP contribution is -2.62. The van der Waals surface area contributed by atoms with Crippen LogP contribution in [0.2, 0.25) is 0 Å². The average Bonchev–Trinajstić information content (AvgIpc) is 3.54. The van der Waals surface area contributed by atoms with E-state index < -0.39 is 0 Å². The molecule has 1 aliphatic carbocycles. The van der Waals surface area contributed by atoms with E-state index in [9.17, 15) is 0 Å². The molecule has 0 N–H and O–H groups in total. The number of benzene rings is 9. The summed E-state index contributed by atoms with van der Waals surface area (Å²) in [5, 5.41) is 2.60.